The van der Waals surface area contributed by atoms with Crippen LogP contribution in [0, 0.1) is 6.92 Å². The molecule has 1 rings (SSSR count). The molecule has 3 heteroatoms. The van der Waals surface area contributed by atoms with Crippen LogP contribution in [-0.2, 0) is 5.41 Å². The summed E-state index contributed by atoms with van der Waals surface area (Å²) in [6, 6.07) is 0. The Morgan fingerprint density at radius 1 is 1.36 bits per heavy atom. The van der Waals surface area contributed by atoms with E-state index in [0.717, 1.165) is 11.1 Å². The van der Waals surface area contributed by atoms with Gasteiger partial charge in [-0.25, -0.2) is 4.98 Å². The van der Waals surface area contributed by atoms with Gasteiger partial charge in [-0.05, 0) is 17.9 Å². The van der Waals surface area contributed by atoms with Crippen molar-refractivity contribution < 1.29 is 4.74 Å². The van der Waals surface area contributed by atoms with E-state index in [2.05, 4.69) is 25.8 Å². The van der Waals surface area contributed by atoms with Gasteiger partial charge in [0.25, 0.3) is 0 Å². The van der Waals surface area contributed by atoms with Crippen LogP contribution in [-0.4, -0.2) is 12.1 Å². The number of hydrogen-bond donors (Lipinski definition) is 1. The van der Waals surface area contributed by atoms with Crippen LogP contribution in [0.25, 0.3) is 0 Å². The second kappa shape index (κ2) is 3.48. The fourth-order valence-electron chi connectivity index (χ4n) is 1.74. The normalized spacial score (nSPS) is 11.5. The van der Waals surface area contributed by atoms with Crippen molar-refractivity contribution in [3.63, 3.8) is 0 Å². The van der Waals surface area contributed by atoms with E-state index >= 15 is 0 Å². The average molecular weight is 194 g/mol. The van der Waals surface area contributed by atoms with Crippen LogP contribution in [0.2, 0.25) is 0 Å². The molecule has 78 valence electrons. The van der Waals surface area contributed by atoms with Gasteiger partial charge in [-0.1, -0.05) is 20.8 Å². The number of aryl methyl sites for hydroxylation is 1. The third kappa shape index (κ3) is 1.81. The lowest BCUT2D eigenvalue weighted by Gasteiger charge is -2.24. The molecule has 0 spiro atoms. The highest BCUT2D eigenvalue weighted by Crippen LogP contribution is 2.36. The van der Waals surface area contributed by atoms with E-state index in [1.165, 1.54) is 0 Å². The van der Waals surface area contributed by atoms with Crippen molar-refractivity contribution in [1.29, 1.82) is 0 Å². The van der Waals surface area contributed by atoms with Gasteiger partial charge in [0.15, 0.2) is 11.6 Å². The molecule has 0 aromatic carbocycles. The SMILES string of the molecule is COc1c(N)ncc(C)c1C(C)(C)C. The number of hydrogen-bond acceptors (Lipinski definition) is 3. The molecule has 0 atom stereocenters. The van der Waals surface area contributed by atoms with Crippen molar-refractivity contribution in [2.45, 2.75) is 33.1 Å². The monoisotopic (exact) mass is 194 g/mol. The van der Waals surface area contributed by atoms with Crippen molar-refractivity contribution in [3.05, 3.63) is 17.3 Å². The summed E-state index contributed by atoms with van der Waals surface area (Å²) in [4.78, 5) is 4.08. The van der Waals surface area contributed by atoms with Crippen LogP contribution in [0.1, 0.15) is 31.9 Å². The van der Waals surface area contributed by atoms with E-state index in [-0.39, 0.29) is 5.41 Å². The summed E-state index contributed by atoms with van der Waals surface area (Å²) in [6.07, 6.45) is 1.79. The second-order valence-electron chi connectivity index (χ2n) is 4.48. The lowest BCUT2D eigenvalue weighted by atomic mass is 9.84. The zero-order chi connectivity index (χ0) is 10.9. The number of pyridine rings is 1. The van der Waals surface area contributed by atoms with Gasteiger partial charge in [0.1, 0.15) is 0 Å². The summed E-state index contributed by atoms with van der Waals surface area (Å²) < 4.78 is 5.30. The molecule has 0 bridgehead atoms. The molecule has 0 aliphatic heterocycles. The summed E-state index contributed by atoms with van der Waals surface area (Å²) in [5.41, 5.74) is 8.03. The molecule has 0 amide bonds. The van der Waals surface area contributed by atoms with Crippen LogP contribution < -0.4 is 10.5 Å². The molecule has 0 radical (unpaired) electrons. The molecule has 0 aliphatic rings. The Morgan fingerprint density at radius 3 is 2.29 bits per heavy atom. The first-order valence-electron chi connectivity index (χ1n) is 4.67. The molecule has 1 aromatic rings. The molecular formula is C11H18N2O. The van der Waals surface area contributed by atoms with Gasteiger partial charge >= 0.3 is 0 Å². The Balaban J connectivity index is 3.46. The molecule has 0 fully saturated rings. The average Bonchev–Trinajstić information content (AvgIpc) is 2.06. The Labute approximate surface area is 85.3 Å². The third-order valence-corrected chi connectivity index (χ3v) is 2.21. The van der Waals surface area contributed by atoms with Gasteiger partial charge in [-0.15, -0.1) is 0 Å². The number of aromatic nitrogens is 1. The van der Waals surface area contributed by atoms with E-state index < -0.39 is 0 Å². The highest BCUT2D eigenvalue weighted by atomic mass is 16.5. The predicted molar refractivity (Wildman–Crippen MR) is 58.6 cm³/mol. The Morgan fingerprint density at radius 2 is 1.93 bits per heavy atom. The minimum atomic E-state index is 0.0203. The predicted octanol–water partition coefficient (Wildman–Crippen LogP) is 2.28. The van der Waals surface area contributed by atoms with Crippen molar-refractivity contribution in [2.75, 3.05) is 12.8 Å². The maximum absolute atomic E-state index is 5.76. The minimum Gasteiger partial charge on any atom is -0.493 e. The number of nitrogens with zero attached hydrogens (tertiary/aromatic N) is 1. The highest BCUT2D eigenvalue weighted by molar-refractivity contribution is 5.56. The molecule has 0 aliphatic carbocycles. The van der Waals surface area contributed by atoms with Crippen LogP contribution >= 0.6 is 0 Å². The topological polar surface area (TPSA) is 48.1 Å². The lowest BCUT2D eigenvalue weighted by Crippen LogP contribution is -2.16. The number of anilines is 1. The van der Waals surface area contributed by atoms with E-state index in [4.69, 9.17) is 10.5 Å². The fraction of sp³-hybridized carbons (Fsp3) is 0.545. The molecule has 0 saturated heterocycles. The first-order valence-corrected chi connectivity index (χ1v) is 4.67. The zero-order valence-electron chi connectivity index (χ0n) is 9.51. The molecule has 1 heterocycles. The summed E-state index contributed by atoms with van der Waals surface area (Å²) >= 11 is 0. The zero-order valence-corrected chi connectivity index (χ0v) is 9.51. The maximum atomic E-state index is 5.76. The number of nitrogen functional groups attached to an aromatic ring is 1. The van der Waals surface area contributed by atoms with Crippen molar-refractivity contribution in [3.8, 4) is 5.75 Å². The highest BCUT2D eigenvalue weighted by Gasteiger charge is 2.23. The summed E-state index contributed by atoms with van der Waals surface area (Å²) in [6.45, 7) is 8.43. The molecule has 0 unspecified atom stereocenters. The molecular weight excluding hydrogens is 176 g/mol. The van der Waals surface area contributed by atoms with Crippen molar-refractivity contribution in [1.82, 2.24) is 4.98 Å². The van der Waals surface area contributed by atoms with Crippen LogP contribution in [0.4, 0.5) is 5.82 Å². The summed E-state index contributed by atoms with van der Waals surface area (Å²) in [7, 11) is 1.63. The number of ether oxygens (including phenoxy) is 1. The first-order chi connectivity index (χ1) is 6.38. The summed E-state index contributed by atoms with van der Waals surface area (Å²) in [5, 5.41) is 0. The van der Waals surface area contributed by atoms with E-state index in [1.807, 2.05) is 6.92 Å². The Kier molecular flexibility index (Phi) is 2.69. The number of rotatable bonds is 1. The lowest BCUT2D eigenvalue weighted by molar-refractivity contribution is 0.397. The van der Waals surface area contributed by atoms with Gasteiger partial charge in [0.05, 0.1) is 7.11 Å². The Hall–Kier alpha value is -1.25. The van der Waals surface area contributed by atoms with Gasteiger partial charge < -0.3 is 10.5 Å². The van der Waals surface area contributed by atoms with Crippen LogP contribution in [0.3, 0.4) is 0 Å². The van der Waals surface area contributed by atoms with Crippen molar-refractivity contribution in [2.24, 2.45) is 0 Å². The number of nitrogens with two attached hydrogens (primary N) is 1. The van der Waals surface area contributed by atoms with E-state index in [0.29, 0.717) is 11.6 Å². The molecule has 3 nitrogen and oxygen atoms in total. The van der Waals surface area contributed by atoms with Crippen LogP contribution in [0.15, 0.2) is 6.20 Å². The molecule has 0 saturated carbocycles. The largest absolute Gasteiger partial charge is 0.493 e. The fourth-order valence-corrected chi connectivity index (χ4v) is 1.74. The molecule has 2 N–H and O–H groups in total. The third-order valence-electron chi connectivity index (χ3n) is 2.21. The first kappa shape index (κ1) is 10.8. The van der Waals surface area contributed by atoms with E-state index in [1.54, 1.807) is 13.3 Å². The van der Waals surface area contributed by atoms with Gasteiger partial charge in [0.2, 0.25) is 0 Å². The van der Waals surface area contributed by atoms with E-state index in [9.17, 15) is 0 Å². The number of methoxy groups -OCH3 is 1. The quantitative estimate of drug-likeness (QED) is 0.746. The minimum absolute atomic E-state index is 0.0203. The molecule has 14 heavy (non-hydrogen) atoms. The summed E-state index contributed by atoms with van der Waals surface area (Å²) in [5.74, 6) is 1.17. The van der Waals surface area contributed by atoms with Gasteiger partial charge in [-0.3, -0.25) is 0 Å². The standard InChI is InChI=1S/C11H18N2O/c1-7-6-13-10(12)9(14-5)8(7)11(2,3)4/h6H,1-5H3,(H2,12,13). The maximum Gasteiger partial charge on any atom is 0.166 e. The molecule has 1 aromatic heterocycles. The van der Waals surface area contributed by atoms with Gasteiger partial charge in [-0.2, -0.15) is 0 Å². The second-order valence-corrected chi connectivity index (χ2v) is 4.48. The Bertz CT molecular complexity index is 340. The van der Waals surface area contributed by atoms with Crippen molar-refractivity contribution >= 4 is 5.82 Å². The van der Waals surface area contributed by atoms with Gasteiger partial charge in [0, 0.05) is 11.8 Å². The smallest absolute Gasteiger partial charge is 0.166 e. The van der Waals surface area contributed by atoms with Crippen LogP contribution in [0.5, 0.6) is 5.75 Å².